The SMILES string of the molecule is Cc1cccc(SCC(N)CC2Cc3ccccc32)c1. The average Bonchev–Trinajstić information content (AvgIpc) is 2.43. The fourth-order valence-corrected chi connectivity index (χ4v) is 3.90. The molecule has 1 aliphatic rings. The van der Waals surface area contributed by atoms with Crippen molar-refractivity contribution in [2.75, 3.05) is 5.75 Å². The molecule has 20 heavy (non-hydrogen) atoms. The normalized spacial score (nSPS) is 18.2. The maximum absolute atomic E-state index is 6.31. The molecule has 0 aliphatic heterocycles. The number of aryl methyl sites for hydroxylation is 1. The molecule has 2 aromatic carbocycles. The summed E-state index contributed by atoms with van der Waals surface area (Å²) in [4.78, 5) is 1.33. The number of hydrogen-bond donors (Lipinski definition) is 1. The summed E-state index contributed by atoms with van der Waals surface area (Å²) < 4.78 is 0. The summed E-state index contributed by atoms with van der Waals surface area (Å²) in [7, 11) is 0. The zero-order valence-corrected chi connectivity index (χ0v) is 12.7. The van der Waals surface area contributed by atoms with Crippen molar-refractivity contribution < 1.29 is 0 Å². The van der Waals surface area contributed by atoms with Crippen LogP contribution in [-0.2, 0) is 6.42 Å². The lowest BCUT2D eigenvalue weighted by Gasteiger charge is -2.32. The van der Waals surface area contributed by atoms with E-state index in [2.05, 4.69) is 55.5 Å². The number of benzene rings is 2. The Bertz CT molecular complexity index is 593. The first-order valence-electron chi connectivity index (χ1n) is 7.25. The van der Waals surface area contributed by atoms with Crippen LogP contribution in [0.2, 0.25) is 0 Å². The van der Waals surface area contributed by atoms with Crippen molar-refractivity contribution in [3.63, 3.8) is 0 Å². The maximum Gasteiger partial charge on any atom is 0.0139 e. The van der Waals surface area contributed by atoms with Crippen LogP contribution >= 0.6 is 11.8 Å². The lowest BCUT2D eigenvalue weighted by atomic mass is 9.75. The number of fused-ring (bicyclic) bond motifs is 1. The zero-order valence-electron chi connectivity index (χ0n) is 11.9. The largest absolute Gasteiger partial charge is 0.327 e. The van der Waals surface area contributed by atoms with Gasteiger partial charge in [-0.15, -0.1) is 11.8 Å². The predicted molar refractivity (Wildman–Crippen MR) is 87.4 cm³/mol. The summed E-state index contributed by atoms with van der Waals surface area (Å²) >= 11 is 1.88. The highest BCUT2D eigenvalue weighted by molar-refractivity contribution is 7.99. The van der Waals surface area contributed by atoms with Crippen LogP contribution in [0.15, 0.2) is 53.4 Å². The van der Waals surface area contributed by atoms with Crippen LogP contribution in [0.5, 0.6) is 0 Å². The van der Waals surface area contributed by atoms with Crippen molar-refractivity contribution >= 4 is 11.8 Å². The van der Waals surface area contributed by atoms with E-state index >= 15 is 0 Å². The van der Waals surface area contributed by atoms with E-state index in [0.717, 1.165) is 12.2 Å². The van der Waals surface area contributed by atoms with E-state index in [-0.39, 0.29) is 6.04 Å². The Kier molecular flexibility index (Phi) is 4.13. The molecule has 2 aromatic rings. The highest BCUT2D eigenvalue weighted by Gasteiger charge is 2.26. The van der Waals surface area contributed by atoms with Gasteiger partial charge >= 0.3 is 0 Å². The number of thioether (sulfide) groups is 1. The van der Waals surface area contributed by atoms with E-state index in [0.29, 0.717) is 5.92 Å². The highest BCUT2D eigenvalue weighted by atomic mass is 32.2. The Morgan fingerprint density at radius 3 is 2.85 bits per heavy atom. The zero-order chi connectivity index (χ0) is 13.9. The molecule has 3 rings (SSSR count). The van der Waals surface area contributed by atoms with Crippen molar-refractivity contribution in [1.82, 2.24) is 0 Å². The minimum absolute atomic E-state index is 0.277. The third-order valence-corrected chi connectivity index (χ3v) is 5.18. The van der Waals surface area contributed by atoms with E-state index in [1.165, 1.54) is 28.0 Å². The Labute approximate surface area is 125 Å². The number of rotatable bonds is 5. The molecule has 0 aromatic heterocycles. The van der Waals surface area contributed by atoms with Crippen molar-refractivity contribution in [2.24, 2.45) is 5.73 Å². The molecule has 0 bridgehead atoms. The van der Waals surface area contributed by atoms with Gasteiger partial charge in [0.15, 0.2) is 0 Å². The number of nitrogens with two attached hydrogens (primary N) is 1. The second-order valence-electron chi connectivity index (χ2n) is 5.72. The van der Waals surface area contributed by atoms with Gasteiger partial charge in [0.2, 0.25) is 0 Å². The summed E-state index contributed by atoms with van der Waals surface area (Å²) in [5, 5.41) is 0. The molecule has 0 spiro atoms. The lowest BCUT2D eigenvalue weighted by molar-refractivity contribution is 0.510. The van der Waals surface area contributed by atoms with Gasteiger partial charge in [0, 0.05) is 16.7 Å². The Hall–Kier alpha value is -1.25. The van der Waals surface area contributed by atoms with Gasteiger partial charge in [-0.2, -0.15) is 0 Å². The molecule has 1 aliphatic carbocycles. The molecule has 2 N–H and O–H groups in total. The first-order chi connectivity index (χ1) is 9.72. The van der Waals surface area contributed by atoms with Gasteiger partial charge in [-0.05, 0) is 48.9 Å². The second kappa shape index (κ2) is 6.02. The monoisotopic (exact) mass is 283 g/mol. The first-order valence-corrected chi connectivity index (χ1v) is 8.24. The quantitative estimate of drug-likeness (QED) is 0.834. The molecule has 0 fully saturated rings. The molecule has 0 heterocycles. The molecule has 1 nitrogen and oxygen atoms in total. The van der Waals surface area contributed by atoms with Crippen LogP contribution in [0.3, 0.4) is 0 Å². The first kappa shape index (κ1) is 13.7. The van der Waals surface area contributed by atoms with Gasteiger partial charge in [-0.1, -0.05) is 42.0 Å². The van der Waals surface area contributed by atoms with Crippen LogP contribution in [0.25, 0.3) is 0 Å². The summed E-state index contributed by atoms with van der Waals surface area (Å²) in [6, 6.07) is 17.7. The summed E-state index contributed by atoms with van der Waals surface area (Å²) in [6.07, 6.45) is 2.31. The molecule has 2 atom stereocenters. The summed E-state index contributed by atoms with van der Waals surface area (Å²) in [5.41, 5.74) is 10.6. The minimum Gasteiger partial charge on any atom is -0.327 e. The number of hydrogen-bond acceptors (Lipinski definition) is 2. The van der Waals surface area contributed by atoms with E-state index in [1.807, 2.05) is 11.8 Å². The third kappa shape index (κ3) is 3.08. The average molecular weight is 283 g/mol. The van der Waals surface area contributed by atoms with Crippen LogP contribution < -0.4 is 5.73 Å². The van der Waals surface area contributed by atoms with Crippen LogP contribution in [-0.4, -0.2) is 11.8 Å². The second-order valence-corrected chi connectivity index (χ2v) is 6.82. The van der Waals surface area contributed by atoms with E-state index in [9.17, 15) is 0 Å². The third-order valence-electron chi connectivity index (χ3n) is 4.00. The van der Waals surface area contributed by atoms with E-state index in [1.54, 1.807) is 0 Å². The fourth-order valence-electron chi connectivity index (χ4n) is 2.91. The maximum atomic E-state index is 6.31. The molecule has 0 saturated heterocycles. The molecule has 104 valence electrons. The van der Waals surface area contributed by atoms with Crippen LogP contribution in [0, 0.1) is 6.92 Å². The summed E-state index contributed by atoms with van der Waals surface area (Å²) in [6.45, 7) is 2.13. The topological polar surface area (TPSA) is 26.0 Å². The lowest BCUT2D eigenvalue weighted by Crippen LogP contribution is -2.29. The smallest absolute Gasteiger partial charge is 0.0139 e. The van der Waals surface area contributed by atoms with Gasteiger partial charge in [-0.3, -0.25) is 0 Å². The molecular weight excluding hydrogens is 262 g/mol. The predicted octanol–water partition coefficient (Wildman–Crippen LogP) is 4.14. The van der Waals surface area contributed by atoms with Crippen LogP contribution in [0.4, 0.5) is 0 Å². The van der Waals surface area contributed by atoms with Gasteiger partial charge in [-0.25, -0.2) is 0 Å². The van der Waals surface area contributed by atoms with E-state index in [4.69, 9.17) is 5.73 Å². The van der Waals surface area contributed by atoms with Gasteiger partial charge in [0.25, 0.3) is 0 Å². The molecule has 0 amide bonds. The minimum atomic E-state index is 0.277. The molecule has 0 saturated carbocycles. The highest BCUT2D eigenvalue weighted by Crippen LogP contribution is 2.38. The van der Waals surface area contributed by atoms with Crippen molar-refractivity contribution in [3.8, 4) is 0 Å². The van der Waals surface area contributed by atoms with Crippen molar-refractivity contribution in [3.05, 3.63) is 65.2 Å². The van der Waals surface area contributed by atoms with E-state index < -0.39 is 0 Å². The molecule has 2 unspecified atom stereocenters. The molecular formula is C18H21NS. The molecule has 0 radical (unpaired) electrons. The van der Waals surface area contributed by atoms with Crippen molar-refractivity contribution in [2.45, 2.75) is 36.6 Å². The molecule has 2 heteroatoms. The van der Waals surface area contributed by atoms with Crippen LogP contribution in [0.1, 0.15) is 29.0 Å². The Morgan fingerprint density at radius 2 is 2.05 bits per heavy atom. The summed E-state index contributed by atoms with van der Waals surface area (Å²) in [5.74, 6) is 1.68. The van der Waals surface area contributed by atoms with Gasteiger partial charge < -0.3 is 5.73 Å². The Balaban J connectivity index is 1.50. The van der Waals surface area contributed by atoms with Gasteiger partial charge in [0.05, 0.1) is 0 Å². The Morgan fingerprint density at radius 1 is 1.20 bits per heavy atom. The fraction of sp³-hybridized carbons (Fsp3) is 0.333. The van der Waals surface area contributed by atoms with Gasteiger partial charge in [0.1, 0.15) is 0 Å². The standard InChI is InChI=1S/C18H21NS/c1-13-5-4-7-17(9-13)20-12-16(19)11-15-10-14-6-2-3-8-18(14)15/h2-9,15-16H,10-12,19H2,1H3. The van der Waals surface area contributed by atoms with Crippen molar-refractivity contribution in [1.29, 1.82) is 0 Å².